The minimum absolute atomic E-state index is 0.0556. The first-order chi connectivity index (χ1) is 7.29. The van der Waals surface area contributed by atoms with E-state index in [-0.39, 0.29) is 10.3 Å². The van der Waals surface area contributed by atoms with E-state index in [4.69, 9.17) is 0 Å². The molecule has 0 aliphatic carbocycles. The lowest BCUT2D eigenvalue weighted by Gasteiger charge is -2.10. The van der Waals surface area contributed by atoms with E-state index in [0.717, 1.165) is 12.3 Å². The maximum Gasteiger partial charge on any atom is 0.405 e. The topological polar surface area (TPSA) is 24.9 Å². The van der Waals surface area contributed by atoms with Crippen molar-refractivity contribution >= 4 is 21.7 Å². The van der Waals surface area contributed by atoms with Gasteiger partial charge in [0.2, 0.25) is 0 Å². The Morgan fingerprint density at radius 2 is 2.00 bits per heavy atom. The normalized spacial score (nSPS) is 11.9. The van der Waals surface area contributed by atoms with E-state index in [1.54, 1.807) is 0 Å². The Bertz CT molecular complexity index is 366. The maximum atomic E-state index is 12.4. The lowest BCUT2D eigenvalue weighted by Crippen LogP contribution is -2.21. The highest BCUT2D eigenvalue weighted by atomic mass is 79.9. The smallest absolute Gasteiger partial charge is 0.361 e. The van der Waals surface area contributed by atoms with Crippen LogP contribution in [-0.2, 0) is 0 Å². The summed E-state index contributed by atoms with van der Waals surface area (Å²) in [7, 11) is 0. The van der Waals surface area contributed by atoms with Gasteiger partial charge in [-0.05, 0) is 22.0 Å². The summed E-state index contributed by atoms with van der Waals surface area (Å²) in [5.74, 6) is -0.240. The lowest BCUT2D eigenvalue weighted by atomic mass is 10.3. The molecule has 1 heterocycles. The third-order valence-corrected chi connectivity index (χ3v) is 2.25. The monoisotopic (exact) mass is 304 g/mol. The number of aromatic nitrogens is 1. The molecule has 1 aromatic heterocycles. The molecule has 1 rings (SSSR count). The van der Waals surface area contributed by atoms with Crippen molar-refractivity contribution in [2.75, 3.05) is 11.9 Å². The summed E-state index contributed by atoms with van der Waals surface area (Å²) in [6.45, 7) is -1.32. The van der Waals surface area contributed by atoms with Gasteiger partial charge in [-0.25, -0.2) is 13.8 Å². The third kappa shape index (κ3) is 3.92. The molecule has 0 aliphatic rings. The predicted molar refractivity (Wildman–Crippen MR) is 51.4 cm³/mol. The maximum absolute atomic E-state index is 12.4. The second kappa shape index (κ2) is 4.94. The van der Waals surface area contributed by atoms with Gasteiger partial charge in [-0.15, -0.1) is 0 Å². The van der Waals surface area contributed by atoms with Crippen LogP contribution in [0.2, 0.25) is 0 Å². The average Bonchev–Trinajstić information content (AvgIpc) is 2.14. The minimum atomic E-state index is -4.42. The molecule has 0 unspecified atom stereocenters. The van der Waals surface area contributed by atoms with Crippen molar-refractivity contribution in [2.45, 2.75) is 12.6 Å². The zero-order valence-electron chi connectivity index (χ0n) is 7.65. The van der Waals surface area contributed by atoms with Crippen LogP contribution in [-0.4, -0.2) is 17.7 Å². The quantitative estimate of drug-likeness (QED) is 0.860. The van der Waals surface area contributed by atoms with E-state index < -0.39 is 24.7 Å². The van der Waals surface area contributed by atoms with E-state index in [9.17, 15) is 22.0 Å². The molecule has 0 spiro atoms. The number of hydrogen-bond donors (Lipinski definition) is 1. The van der Waals surface area contributed by atoms with E-state index in [2.05, 4.69) is 20.9 Å². The highest BCUT2D eigenvalue weighted by Crippen LogP contribution is 2.28. The average molecular weight is 305 g/mol. The Morgan fingerprint density at radius 1 is 1.38 bits per heavy atom. The van der Waals surface area contributed by atoms with Gasteiger partial charge in [0.15, 0.2) is 0 Å². The van der Waals surface area contributed by atoms with E-state index in [0.29, 0.717) is 0 Å². The number of hydrogen-bond acceptors (Lipinski definition) is 2. The van der Waals surface area contributed by atoms with E-state index in [1.165, 1.54) is 0 Å². The van der Waals surface area contributed by atoms with Crippen LogP contribution in [0.5, 0.6) is 0 Å². The first-order valence-corrected chi connectivity index (χ1v) is 4.83. The lowest BCUT2D eigenvalue weighted by molar-refractivity contribution is -0.115. The van der Waals surface area contributed by atoms with Gasteiger partial charge in [0.25, 0.3) is 6.43 Å². The van der Waals surface area contributed by atoms with Gasteiger partial charge >= 0.3 is 6.18 Å². The van der Waals surface area contributed by atoms with Gasteiger partial charge < -0.3 is 5.32 Å². The molecule has 0 atom stereocenters. The molecule has 8 heteroatoms. The fourth-order valence-corrected chi connectivity index (χ4v) is 1.30. The zero-order valence-corrected chi connectivity index (χ0v) is 9.24. The SMILES string of the molecule is FC(F)c1cc(NCC(F)(F)F)ncc1Br. The fraction of sp³-hybridized carbons (Fsp3) is 0.375. The molecular formula is C8H6BrF5N2. The Kier molecular flexibility index (Phi) is 4.06. The van der Waals surface area contributed by atoms with Gasteiger partial charge in [-0.3, -0.25) is 0 Å². The number of nitrogens with one attached hydrogen (secondary N) is 1. The summed E-state index contributed by atoms with van der Waals surface area (Å²) in [5, 5.41) is 1.92. The summed E-state index contributed by atoms with van der Waals surface area (Å²) < 4.78 is 60.3. The predicted octanol–water partition coefficient (Wildman–Crippen LogP) is 3.76. The molecule has 0 saturated heterocycles. The molecule has 0 saturated carbocycles. The molecule has 0 amide bonds. The van der Waals surface area contributed by atoms with Gasteiger partial charge in [-0.2, -0.15) is 13.2 Å². The number of alkyl halides is 5. The number of anilines is 1. The molecule has 0 fully saturated rings. The number of pyridine rings is 1. The second-order valence-corrected chi connectivity index (χ2v) is 3.71. The van der Waals surface area contributed by atoms with Crippen LogP contribution >= 0.6 is 15.9 Å². The van der Waals surface area contributed by atoms with Crippen LogP contribution in [0.3, 0.4) is 0 Å². The van der Waals surface area contributed by atoms with Gasteiger partial charge in [0.05, 0.1) is 0 Å². The molecule has 0 aromatic carbocycles. The molecule has 0 bridgehead atoms. The van der Waals surface area contributed by atoms with Crippen LogP contribution in [0.15, 0.2) is 16.7 Å². The zero-order chi connectivity index (χ0) is 12.3. The Hall–Kier alpha value is -0.920. The standard InChI is InChI=1S/C8H6BrF5N2/c9-5-2-15-6(1-4(5)7(10)11)16-3-8(12,13)14/h1-2,7H,3H2,(H,15,16). The second-order valence-electron chi connectivity index (χ2n) is 2.86. The Labute approximate surface area is 96.0 Å². The van der Waals surface area contributed by atoms with Crippen molar-refractivity contribution in [2.24, 2.45) is 0 Å². The number of halogens is 6. The highest BCUT2D eigenvalue weighted by Gasteiger charge is 2.27. The van der Waals surface area contributed by atoms with Crippen LogP contribution in [0.4, 0.5) is 27.8 Å². The van der Waals surface area contributed by atoms with Crippen molar-refractivity contribution < 1.29 is 22.0 Å². The van der Waals surface area contributed by atoms with Crippen LogP contribution in [0.25, 0.3) is 0 Å². The highest BCUT2D eigenvalue weighted by molar-refractivity contribution is 9.10. The molecule has 2 nitrogen and oxygen atoms in total. The fourth-order valence-electron chi connectivity index (χ4n) is 0.909. The van der Waals surface area contributed by atoms with Crippen LogP contribution < -0.4 is 5.32 Å². The van der Waals surface area contributed by atoms with Crippen molar-refractivity contribution in [1.29, 1.82) is 0 Å². The van der Waals surface area contributed by atoms with E-state index >= 15 is 0 Å². The third-order valence-electron chi connectivity index (χ3n) is 1.59. The molecule has 16 heavy (non-hydrogen) atoms. The summed E-state index contributed by atoms with van der Waals surface area (Å²) in [6, 6.07) is 0.875. The summed E-state index contributed by atoms with van der Waals surface area (Å²) in [5.41, 5.74) is -0.403. The van der Waals surface area contributed by atoms with Crippen LogP contribution in [0, 0.1) is 0 Å². The molecular weight excluding hydrogens is 299 g/mol. The number of nitrogens with zero attached hydrogens (tertiary/aromatic N) is 1. The first-order valence-electron chi connectivity index (χ1n) is 4.04. The molecule has 0 radical (unpaired) electrons. The van der Waals surface area contributed by atoms with Gasteiger partial charge in [0.1, 0.15) is 12.4 Å². The summed E-state index contributed by atoms with van der Waals surface area (Å²) >= 11 is 2.83. The van der Waals surface area contributed by atoms with Crippen LogP contribution in [0.1, 0.15) is 12.0 Å². The molecule has 0 aliphatic heterocycles. The van der Waals surface area contributed by atoms with Crippen molar-refractivity contribution in [3.05, 3.63) is 22.3 Å². The Balaban J connectivity index is 2.79. The minimum Gasteiger partial charge on any atom is -0.361 e. The largest absolute Gasteiger partial charge is 0.405 e. The Morgan fingerprint density at radius 3 is 2.50 bits per heavy atom. The first kappa shape index (κ1) is 13.1. The number of rotatable bonds is 3. The molecule has 1 aromatic rings. The van der Waals surface area contributed by atoms with Crippen molar-refractivity contribution in [1.82, 2.24) is 4.98 Å². The summed E-state index contributed by atoms with van der Waals surface area (Å²) in [6.07, 6.45) is -6.16. The van der Waals surface area contributed by atoms with Gasteiger partial charge in [-0.1, -0.05) is 0 Å². The molecule has 1 N–H and O–H groups in total. The van der Waals surface area contributed by atoms with Crippen molar-refractivity contribution in [3.8, 4) is 0 Å². The molecule has 90 valence electrons. The van der Waals surface area contributed by atoms with Gasteiger partial charge in [0, 0.05) is 16.2 Å². The van der Waals surface area contributed by atoms with Crippen molar-refractivity contribution in [3.63, 3.8) is 0 Å². The van der Waals surface area contributed by atoms with E-state index in [1.807, 2.05) is 5.32 Å². The summed E-state index contributed by atoms with van der Waals surface area (Å²) in [4.78, 5) is 3.53.